The van der Waals surface area contributed by atoms with Crippen LogP contribution in [0.4, 0.5) is 13.2 Å². The molecule has 32 heavy (non-hydrogen) atoms. The van der Waals surface area contributed by atoms with Crippen LogP contribution in [0.15, 0.2) is 36.4 Å². The molecule has 2 aromatic carbocycles. The number of rotatable bonds is 3. The highest BCUT2D eigenvalue weighted by Gasteiger charge is 2.31. The number of ether oxygens (including phenoxy) is 2. The fraction of sp³-hybridized carbons (Fsp3) is 0.391. The van der Waals surface area contributed by atoms with Gasteiger partial charge in [-0.2, -0.15) is 13.2 Å². The molecule has 168 valence electrons. The molecule has 0 bridgehead atoms. The Balaban J connectivity index is 1.28. The van der Waals surface area contributed by atoms with E-state index < -0.39 is 11.7 Å². The van der Waals surface area contributed by atoms with Gasteiger partial charge in [-0.1, -0.05) is 6.42 Å². The van der Waals surface area contributed by atoms with E-state index in [4.69, 9.17) is 9.47 Å². The Morgan fingerprint density at radius 3 is 2.69 bits per heavy atom. The summed E-state index contributed by atoms with van der Waals surface area (Å²) < 4.78 is 50.0. The lowest BCUT2D eigenvalue weighted by Crippen LogP contribution is -2.38. The summed E-state index contributed by atoms with van der Waals surface area (Å²) in [7, 11) is 0. The predicted octanol–water partition coefficient (Wildman–Crippen LogP) is 4.81. The Labute approximate surface area is 182 Å². The van der Waals surface area contributed by atoms with Crippen LogP contribution in [-0.4, -0.2) is 35.1 Å². The monoisotopic (exact) mass is 445 g/mol. The van der Waals surface area contributed by atoms with Crippen molar-refractivity contribution in [2.45, 2.75) is 43.8 Å². The molecule has 0 saturated heterocycles. The van der Waals surface area contributed by atoms with E-state index in [0.717, 1.165) is 31.4 Å². The number of hydrogen-bond acceptors (Lipinski definition) is 4. The van der Waals surface area contributed by atoms with E-state index in [9.17, 15) is 18.0 Å². The van der Waals surface area contributed by atoms with Crippen LogP contribution in [0.3, 0.4) is 0 Å². The van der Waals surface area contributed by atoms with E-state index in [0.29, 0.717) is 53.6 Å². The van der Waals surface area contributed by atoms with Gasteiger partial charge in [0.05, 0.1) is 16.6 Å². The molecular weight excluding hydrogens is 423 g/mol. The number of alkyl halides is 3. The first-order valence-electron chi connectivity index (χ1n) is 10.6. The summed E-state index contributed by atoms with van der Waals surface area (Å²) in [5, 5.41) is 3.08. The van der Waals surface area contributed by atoms with E-state index in [2.05, 4.69) is 15.3 Å². The van der Waals surface area contributed by atoms with Crippen LogP contribution in [0.2, 0.25) is 0 Å². The van der Waals surface area contributed by atoms with Crippen LogP contribution in [0, 0.1) is 0 Å². The smallest absolute Gasteiger partial charge is 0.416 e. The molecule has 0 radical (unpaired) electrons. The third-order valence-corrected chi connectivity index (χ3v) is 6.03. The second kappa shape index (κ2) is 8.03. The van der Waals surface area contributed by atoms with Gasteiger partial charge in [0.15, 0.2) is 11.5 Å². The van der Waals surface area contributed by atoms with Gasteiger partial charge in [-0.25, -0.2) is 4.98 Å². The molecule has 1 amide bonds. The maximum atomic E-state index is 13.0. The number of amides is 1. The molecule has 1 saturated carbocycles. The molecule has 6 nitrogen and oxygen atoms in total. The lowest BCUT2D eigenvalue weighted by molar-refractivity contribution is -0.137. The highest BCUT2D eigenvalue weighted by Crippen LogP contribution is 2.35. The number of aromatic nitrogens is 2. The van der Waals surface area contributed by atoms with Gasteiger partial charge >= 0.3 is 6.18 Å². The van der Waals surface area contributed by atoms with Crippen LogP contribution in [0.5, 0.6) is 11.5 Å². The predicted molar refractivity (Wildman–Crippen MR) is 111 cm³/mol. The molecule has 2 N–H and O–H groups in total. The zero-order valence-electron chi connectivity index (χ0n) is 17.2. The van der Waals surface area contributed by atoms with Crippen LogP contribution in [-0.2, 0) is 6.18 Å². The van der Waals surface area contributed by atoms with Gasteiger partial charge in [0, 0.05) is 17.5 Å². The maximum Gasteiger partial charge on any atom is 0.416 e. The number of halogens is 3. The van der Waals surface area contributed by atoms with Gasteiger partial charge in [0.25, 0.3) is 5.91 Å². The molecular formula is C23H22F3N3O3. The van der Waals surface area contributed by atoms with E-state index >= 15 is 0 Å². The quantitative estimate of drug-likeness (QED) is 0.607. The number of aromatic amines is 1. The normalized spacial score (nSPS) is 20.8. The minimum absolute atomic E-state index is 0.0380. The summed E-state index contributed by atoms with van der Waals surface area (Å²) in [5.41, 5.74) is 0.670. The largest absolute Gasteiger partial charge is 0.486 e. The second-order valence-electron chi connectivity index (χ2n) is 8.24. The number of benzene rings is 2. The first-order valence-corrected chi connectivity index (χ1v) is 10.6. The first kappa shape index (κ1) is 20.7. The summed E-state index contributed by atoms with van der Waals surface area (Å²) in [4.78, 5) is 20.4. The van der Waals surface area contributed by atoms with Gasteiger partial charge in [-0.15, -0.1) is 0 Å². The minimum Gasteiger partial charge on any atom is -0.486 e. The number of H-pyrrole nitrogens is 1. The maximum absolute atomic E-state index is 13.0. The number of nitrogens with one attached hydrogen (secondary N) is 2. The van der Waals surface area contributed by atoms with Crippen LogP contribution in [0.1, 0.15) is 53.3 Å². The van der Waals surface area contributed by atoms with Crippen molar-refractivity contribution in [3.63, 3.8) is 0 Å². The number of hydrogen-bond donors (Lipinski definition) is 2. The van der Waals surface area contributed by atoms with Gasteiger partial charge in [0.1, 0.15) is 19.0 Å². The zero-order chi connectivity index (χ0) is 22.3. The van der Waals surface area contributed by atoms with Crippen molar-refractivity contribution in [1.82, 2.24) is 15.3 Å². The highest BCUT2D eigenvalue weighted by atomic mass is 19.4. The average molecular weight is 445 g/mol. The van der Waals surface area contributed by atoms with Crippen molar-refractivity contribution in [3.8, 4) is 11.5 Å². The van der Waals surface area contributed by atoms with E-state index in [1.807, 2.05) is 0 Å². The Kier molecular flexibility index (Phi) is 5.19. The minimum atomic E-state index is -4.40. The van der Waals surface area contributed by atoms with Crippen LogP contribution in [0.25, 0.3) is 11.0 Å². The Morgan fingerprint density at radius 1 is 1.06 bits per heavy atom. The Morgan fingerprint density at radius 2 is 1.88 bits per heavy atom. The molecule has 0 unspecified atom stereocenters. The van der Waals surface area contributed by atoms with E-state index in [1.54, 1.807) is 18.2 Å². The van der Waals surface area contributed by atoms with Crippen molar-refractivity contribution in [2.75, 3.05) is 13.2 Å². The van der Waals surface area contributed by atoms with Crippen molar-refractivity contribution in [3.05, 3.63) is 53.3 Å². The number of fused-ring (bicyclic) bond motifs is 2. The second-order valence-corrected chi connectivity index (χ2v) is 8.24. The van der Waals surface area contributed by atoms with Crippen molar-refractivity contribution in [2.24, 2.45) is 0 Å². The van der Waals surface area contributed by atoms with Gasteiger partial charge in [-0.05, 0) is 55.7 Å². The van der Waals surface area contributed by atoms with Crippen LogP contribution >= 0.6 is 0 Å². The highest BCUT2D eigenvalue weighted by molar-refractivity contribution is 5.95. The third kappa shape index (κ3) is 4.11. The van der Waals surface area contributed by atoms with Crippen molar-refractivity contribution in [1.29, 1.82) is 0 Å². The molecule has 1 fully saturated rings. The fourth-order valence-electron chi connectivity index (χ4n) is 4.42. The summed E-state index contributed by atoms with van der Waals surface area (Å²) >= 11 is 0. The van der Waals surface area contributed by atoms with Crippen molar-refractivity contribution >= 4 is 16.9 Å². The number of carbonyl (C=O) groups is 1. The SMILES string of the molecule is O=C(N[C@H]1CCC[C@@H](c2nc3cc(C(F)(F)F)ccc3[nH]2)C1)c1ccc2c(c1)OCCO2. The number of nitrogens with zero attached hydrogens (tertiary/aromatic N) is 1. The average Bonchev–Trinajstić information content (AvgIpc) is 3.22. The molecule has 1 aromatic heterocycles. The van der Waals surface area contributed by atoms with Gasteiger partial charge in [-0.3, -0.25) is 4.79 Å². The molecule has 2 aliphatic rings. The number of carbonyl (C=O) groups excluding carboxylic acids is 1. The molecule has 2 heterocycles. The molecule has 9 heteroatoms. The molecule has 3 aromatic rings. The fourth-order valence-corrected chi connectivity index (χ4v) is 4.42. The summed E-state index contributed by atoms with van der Waals surface area (Å²) in [6.45, 7) is 0.936. The molecule has 0 spiro atoms. The molecule has 1 aliphatic heterocycles. The van der Waals surface area contributed by atoms with Crippen LogP contribution < -0.4 is 14.8 Å². The van der Waals surface area contributed by atoms with Crippen molar-refractivity contribution < 1.29 is 27.4 Å². The summed E-state index contributed by atoms with van der Waals surface area (Å²) in [5.74, 6) is 1.70. The lowest BCUT2D eigenvalue weighted by Gasteiger charge is -2.29. The molecule has 5 rings (SSSR count). The Bertz CT molecular complexity index is 1160. The first-order chi connectivity index (χ1) is 15.4. The molecule has 1 aliphatic carbocycles. The van der Waals surface area contributed by atoms with Gasteiger partial charge < -0.3 is 19.8 Å². The topological polar surface area (TPSA) is 76.2 Å². The van der Waals surface area contributed by atoms with E-state index in [1.165, 1.54) is 6.07 Å². The van der Waals surface area contributed by atoms with E-state index in [-0.39, 0.29) is 17.9 Å². The molecule has 2 atom stereocenters. The lowest BCUT2D eigenvalue weighted by atomic mass is 9.85. The standard InChI is InChI=1S/C23H22F3N3O3/c24-23(25,26)15-5-6-17-18(12-15)29-21(28-17)13-2-1-3-16(10-13)27-22(30)14-4-7-19-20(11-14)32-9-8-31-19/h4-7,11-13,16H,1-3,8-10H2,(H,27,30)(H,28,29)/t13-,16+/m1/s1. The number of imidazole rings is 1. The zero-order valence-corrected chi connectivity index (χ0v) is 17.2. The summed E-state index contributed by atoms with van der Waals surface area (Å²) in [6.07, 6.45) is -1.14. The van der Waals surface area contributed by atoms with Gasteiger partial charge in [0.2, 0.25) is 0 Å². The Hall–Kier alpha value is -3.23. The summed E-state index contributed by atoms with van der Waals surface area (Å²) in [6, 6.07) is 8.62. The third-order valence-electron chi connectivity index (χ3n) is 6.03.